The third-order valence-electron chi connectivity index (χ3n) is 16.3. The summed E-state index contributed by atoms with van der Waals surface area (Å²) in [5.74, 6) is 4.58. The van der Waals surface area contributed by atoms with E-state index in [4.69, 9.17) is 0 Å². The highest BCUT2D eigenvalue weighted by Crippen LogP contribution is 2.32. The number of aromatic nitrogens is 18. The van der Waals surface area contributed by atoms with Crippen LogP contribution in [0.4, 0.5) is 0 Å². The number of hydrogen-bond donors (Lipinski definition) is 3. The fraction of sp³-hybridized carbons (Fsp3) is 0.500. The van der Waals surface area contributed by atoms with Crippen LogP contribution in [-0.2, 0) is 0 Å². The maximum Gasteiger partial charge on any atom is 0.116 e. The van der Waals surface area contributed by atoms with Crippen LogP contribution in [0.5, 0.6) is 0 Å². The summed E-state index contributed by atoms with van der Waals surface area (Å²) in [6, 6.07) is 33.2. The molecule has 6 heterocycles. The number of rotatable bonds is 12. The minimum atomic E-state index is 0.359. The number of fused-ring (bicyclic) bond motifs is 6. The van der Waals surface area contributed by atoms with E-state index < -0.39 is 0 Å². The molecule has 12 aromatic rings. The average molecular weight is 1220 g/mol. The van der Waals surface area contributed by atoms with Gasteiger partial charge in [0.1, 0.15) is 49.7 Å². The van der Waals surface area contributed by atoms with Gasteiger partial charge in [0.2, 0.25) is 0 Å². The molecule has 0 aliphatic rings. The van der Waals surface area contributed by atoms with Gasteiger partial charge in [-0.1, -0.05) is 189 Å². The van der Waals surface area contributed by atoms with E-state index in [2.05, 4.69) is 334 Å². The zero-order chi connectivity index (χ0) is 66.0. The predicted octanol–water partition coefficient (Wildman–Crippen LogP) is 19.0. The standard InChI is InChI=1S/6C12H17N3/c2*1-7(2)9-5-10(8(3)4)12-11(6-9)13-15-14-12;1-8(2)10-5-6-12-11(7-10)13-14-15(12)9(3)4;1-8(2)10-5-6-11-12(7-10)15(9(3)4)14-13-11;1-8(2)10-6-5-7-11-12(10)13-14-15(11)9(3)4;1-7(2)9-5-6-10(8(3)4)12-11(9)13-15-14-12/h2*5-8H,1-4H3,(H,13,14,15);3*5-9H,1-4H3;5-8H,1-4H3,(H,13,14,15). The SMILES string of the molecule is CC(C)c1cc(C(C)C)c2n[nH]nc2c1.CC(C)c1cc(C(C)C)c2n[nH]nc2c1.CC(C)c1ccc(C(C)C)c2n[nH]nc12.CC(C)c1ccc2c(c1)nnn2C(C)C.CC(C)c1ccc2nnn(C(C)C)c2c1.CC(C)c1cccc2c1nnn2C(C)C. The van der Waals surface area contributed by atoms with Gasteiger partial charge in [-0.05, 0) is 187 Å². The normalized spacial score (nSPS) is 11.9. The molecule has 0 fully saturated rings. The van der Waals surface area contributed by atoms with Crippen LogP contribution in [0.15, 0.2) is 91.0 Å². The number of H-pyrrole nitrogens is 3. The van der Waals surface area contributed by atoms with E-state index in [1.54, 1.807) is 0 Å². The first kappa shape index (κ1) is 69.2. The van der Waals surface area contributed by atoms with E-state index in [0.717, 1.165) is 66.2 Å². The summed E-state index contributed by atoms with van der Waals surface area (Å²) in [4.78, 5) is 0. The Labute approximate surface area is 533 Å². The zero-order valence-electron chi connectivity index (χ0n) is 58.3. The van der Waals surface area contributed by atoms with Crippen LogP contribution in [0.3, 0.4) is 0 Å². The molecular formula is C72H102N18. The van der Waals surface area contributed by atoms with Crippen LogP contribution < -0.4 is 0 Å². The molecule has 0 unspecified atom stereocenters. The first-order chi connectivity index (χ1) is 42.6. The highest BCUT2D eigenvalue weighted by molar-refractivity contribution is 5.83. The largest absolute Gasteiger partial charge is 0.242 e. The molecule has 0 saturated heterocycles. The molecule has 0 aliphatic carbocycles. The quantitative estimate of drug-likeness (QED) is 0.104. The molecular weight excluding hydrogens is 1120 g/mol. The molecule has 0 atom stereocenters. The zero-order valence-corrected chi connectivity index (χ0v) is 58.3. The first-order valence-electron chi connectivity index (χ1n) is 32.6. The number of aromatic amines is 3. The van der Waals surface area contributed by atoms with Gasteiger partial charge in [-0.25, -0.2) is 14.0 Å². The second-order valence-corrected chi connectivity index (χ2v) is 27.4. The van der Waals surface area contributed by atoms with Gasteiger partial charge in [0.15, 0.2) is 0 Å². The smallest absolute Gasteiger partial charge is 0.116 e. The van der Waals surface area contributed by atoms with Gasteiger partial charge in [0.05, 0.1) is 16.6 Å². The maximum atomic E-state index is 4.27. The Bertz CT molecular complexity index is 4040. The van der Waals surface area contributed by atoms with Crippen LogP contribution in [-0.4, -0.2) is 91.2 Å². The minimum absolute atomic E-state index is 0.359. The lowest BCUT2D eigenvalue weighted by molar-refractivity contribution is 0.530. The highest BCUT2D eigenvalue weighted by Gasteiger charge is 2.18. The minimum Gasteiger partial charge on any atom is -0.242 e. The molecule has 0 bridgehead atoms. The Balaban J connectivity index is 0.000000154. The van der Waals surface area contributed by atoms with E-state index >= 15 is 0 Å². The van der Waals surface area contributed by atoms with E-state index in [1.165, 1.54) is 50.1 Å². The third-order valence-corrected chi connectivity index (χ3v) is 16.3. The van der Waals surface area contributed by atoms with Crippen LogP contribution in [0.25, 0.3) is 66.2 Å². The average Bonchev–Trinajstić information content (AvgIpc) is 1.99. The molecule has 0 spiro atoms. The van der Waals surface area contributed by atoms with Crippen LogP contribution in [0.1, 0.15) is 288 Å². The number of hydrogen-bond acceptors (Lipinski definition) is 12. The van der Waals surface area contributed by atoms with Crippen LogP contribution in [0, 0.1) is 0 Å². The molecule has 18 heteroatoms. The van der Waals surface area contributed by atoms with Gasteiger partial charge < -0.3 is 0 Å². The summed E-state index contributed by atoms with van der Waals surface area (Å²) in [6.07, 6.45) is 0. The lowest BCUT2D eigenvalue weighted by Gasteiger charge is -2.11. The first-order valence-corrected chi connectivity index (χ1v) is 32.6. The molecule has 6 aromatic heterocycles. The van der Waals surface area contributed by atoms with Crippen molar-refractivity contribution in [2.75, 3.05) is 0 Å². The molecule has 6 aromatic carbocycles. The molecule has 0 radical (unpaired) electrons. The second kappa shape index (κ2) is 30.5. The molecule has 3 N–H and O–H groups in total. The second-order valence-electron chi connectivity index (χ2n) is 27.4. The summed E-state index contributed by atoms with van der Waals surface area (Å²) in [5.41, 5.74) is 24.1. The summed E-state index contributed by atoms with van der Waals surface area (Å²) >= 11 is 0. The van der Waals surface area contributed by atoms with Gasteiger partial charge in [-0.3, -0.25) is 0 Å². The lowest BCUT2D eigenvalue weighted by atomic mass is 9.94. The maximum absolute atomic E-state index is 4.27. The highest BCUT2D eigenvalue weighted by atomic mass is 15.4. The Morgan fingerprint density at radius 3 is 1.07 bits per heavy atom. The van der Waals surface area contributed by atoms with E-state index in [1.807, 2.05) is 14.0 Å². The van der Waals surface area contributed by atoms with E-state index in [9.17, 15) is 0 Å². The van der Waals surface area contributed by atoms with Crippen molar-refractivity contribution in [1.29, 1.82) is 0 Å². The molecule has 0 saturated carbocycles. The van der Waals surface area contributed by atoms with Crippen LogP contribution in [0.2, 0.25) is 0 Å². The van der Waals surface area contributed by atoms with Gasteiger partial charge in [0.25, 0.3) is 0 Å². The van der Waals surface area contributed by atoms with Crippen molar-refractivity contribution in [3.63, 3.8) is 0 Å². The number of nitrogens with zero attached hydrogens (tertiary/aromatic N) is 15. The monoisotopic (exact) mass is 1220 g/mol. The van der Waals surface area contributed by atoms with Gasteiger partial charge in [-0.15, -0.1) is 15.3 Å². The van der Waals surface area contributed by atoms with E-state index in [-0.39, 0.29) is 0 Å². The van der Waals surface area contributed by atoms with Gasteiger partial charge in [-0.2, -0.15) is 46.2 Å². The molecule has 90 heavy (non-hydrogen) atoms. The lowest BCUT2D eigenvalue weighted by Crippen LogP contribution is -2.02. The van der Waals surface area contributed by atoms with Crippen molar-refractivity contribution < 1.29 is 0 Å². The molecule has 480 valence electrons. The summed E-state index contributed by atoms with van der Waals surface area (Å²) in [7, 11) is 0. The van der Waals surface area contributed by atoms with Crippen molar-refractivity contribution >= 4 is 66.2 Å². The summed E-state index contributed by atoms with van der Waals surface area (Å²) in [5, 5.41) is 58.5. The molecule has 18 nitrogen and oxygen atoms in total. The molecule has 12 rings (SSSR count). The Morgan fingerprint density at radius 1 is 0.256 bits per heavy atom. The van der Waals surface area contributed by atoms with Gasteiger partial charge >= 0.3 is 0 Å². The fourth-order valence-corrected chi connectivity index (χ4v) is 10.7. The van der Waals surface area contributed by atoms with Crippen molar-refractivity contribution in [3.8, 4) is 0 Å². The summed E-state index contributed by atoms with van der Waals surface area (Å²) < 4.78 is 5.90. The molecule has 0 aliphatic heterocycles. The van der Waals surface area contributed by atoms with Crippen molar-refractivity contribution in [3.05, 3.63) is 141 Å². The van der Waals surface area contributed by atoms with Crippen molar-refractivity contribution in [2.45, 2.75) is 238 Å². The number of benzene rings is 6. The van der Waals surface area contributed by atoms with Crippen molar-refractivity contribution in [1.82, 2.24) is 91.2 Å². The van der Waals surface area contributed by atoms with Gasteiger partial charge in [0, 0.05) is 18.1 Å². The Morgan fingerprint density at radius 2 is 0.622 bits per heavy atom. The Hall–Kier alpha value is -8.28. The fourth-order valence-electron chi connectivity index (χ4n) is 10.7. The third kappa shape index (κ3) is 16.4. The van der Waals surface area contributed by atoms with Crippen molar-refractivity contribution in [2.24, 2.45) is 0 Å². The topological polar surface area (TPSA) is 217 Å². The van der Waals surface area contributed by atoms with E-state index in [0.29, 0.717) is 71.4 Å². The predicted molar refractivity (Wildman–Crippen MR) is 372 cm³/mol. The molecule has 0 amide bonds. The number of nitrogens with one attached hydrogen (secondary N) is 3. The summed E-state index contributed by atoms with van der Waals surface area (Å²) in [6.45, 7) is 52.1. The Kier molecular flexibility index (Phi) is 23.4. The van der Waals surface area contributed by atoms with Crippen LogP contribution >= 0.6 is 0 Å².